The number of benzene rings is 2. The first kappa shape index (κ1) is 21.5. The number of anilines is 1. The number of hydrogen-bond donors (Lipinski definition) is 1. The third kappa shape index (κ3) is 3.93. The van der Waals surface area contributed by atoms with E-state index in [-0.39, 0.29) is 30.2 Å². The van der Waals surface area contributed by atoms with Gasteiger partial charge in [-0.05, 0) is 63.1 Å². The molecule has 0 unspecified atom stereocenters. The summed E-state index contributed by atoms with van der Waals surface area (Å²) in [5.41, 5.74) is 5.36. The highest BCUT2D eigenvalue weighted by Gasteiger charge is 2.18. The maximum Gasteiger partial charge on any atom is 0.263 e. The third-order valence-electron chi connectivity index (χ3n) is 5.78. The topological polar surface area (TPSA) is 68.9 Å². The predicted molar refractivity (Wildman–Crippen MR) is 124 cm³/mol. The number of carbonyl (C=O) groups excluding carboxylic acids is 1. The van der Waals surface area contributed by atoms with Crippen LogP contribution >= 0.6 is 0 Å². The van der Waals surface area contributed by atoms with Gasteiger partial charge in [-0.3, -0.25) is 18.7 Å². The van der Waals surface area contributed by atoms with Crippen molar-refractivity contribution in [2.45, 2.75) is 40.7 Å². The number of amides is 1. The fourth-order valence-electron chi connectivity index (χ4n) is 3.96. The zero-order valence-corrected chi connectivity index (χ0v) is 18.6. The molecule has 7 heteroatoms. The second-order valence-electron chi connectivity index (χ2n) is 8.08. The van der Waals surface area contributed by atoms with Gasteiger partial charge in [0.15, 0.2) is 5.65 Å². The Morgan fingerprint density at radius 1 is 1.09 bits per heavy atom. The number of nitrogens with one attached hydrogen (secondary N) is 1. The van der Waals surface area contributed by atoms with E-state index in [2.05, 4.69) is 10.3 Å². The van der Waals surface area contributed by atoms with Gasteiger partial charge in [0.2, 0.25) is 5.91 Å². The molecule has 2 aromatic heterocycles. The molecule has 0 bridgehead atoms. The van der Waals surface area contributed by atoms with E-state index < -0.39 is 0 Å². The number of carbonyl (C=O) groups is 1. The van der Waals surface area contributed by atoms with E-state index in [0.717, 1.165) is 28.1 Å². The van der Waals surface area contributed by atoms with E-state index >= 15 is 0 Å². The molecule has 4 rings (SSSR count). The van der Waals surface area contributed by atoms with E-state index in [0.29, 0.717) is 16.7 Å². The van der Waals surface area contributed by atoms with Crippen molar-refractivity contribution >= 4 is 22.6 Å². The van der Waals surface area contributed by atoms with Crippen molar-refractivity contribution in [1.82, 2.24) is 14.1 Å². The average Bonchev–Trinajstić information content (AvgIpc) is 3.00. The van der Waals surface area contributed by atoms with E-state index in [1.165, 1.54) is 23.0 Å². The molecule has 2 aromatic carbocycles. The van der Waals surface area contributed by atoms with Gasteiger partial charge >= 0.3 is 0 Å². The fraction of sp³-hybridized carbons (Fsp3) is 0.240. The summed E-state index contributed by atoms with van der Waals surface area (Å²) >= 11 is 0. The summed E-state index contributed by atoms with van der Waals surface area (Å²) in [4.78, 5) is 30.1. The average molecular weight is 432 g/mol. The van der Waals surface area contributed by atoms with E-state index in [1.807, 2.05) is 45.9 Å². The molecule has 0 radical (unpaired) electrons. The van der Waals surface area contributed by atoms with Gasteiger partial charge in [0.25, 0.3) is 5.56 Å². The second-order valence-corrected chi connectivity index (χ2v) is 8.08. The molecule has 164 valence electrons. The van der Waals surface area contributed by atoms with Crippen LogP contribution in [0, 0.1) is 33.5 Å². The van der Waals surface area contributed by atoms with Crippen LogP contribution in [0.1, 0.15) is 28.8 Å². The molecule has 1 amide bonds. The number of nitrogens with zero attached hydrogens (tertiary/aromatic N) is 3. The number of aryl methyl sites for hydroxylation is 4. The molecule has 0 saturated heterocycles. The largest absolute Gasteiger partial charge is 0.326 e. The number of halogens is 1. The van der Waals surface area contributed by atoms with Gasteiger partial charge in [-0.15, -0.1) is 0 Å². The van der Waals surface area contributed by atoms with Gasteiger partial charge in [0.1, 0.15) is 5.82 Å². The first-order valence-electron chi connectivity index (χ1n) is 10.5. The van der Waals surface area contributed by atoms with Crippen molar-refractivity contribution in [1.29, 1.82) is 0 Å². The van der Waals surface area contributed by atoms with Crippen molar-refractivity contribution in [3.63, 3.8) is 0 Å². The molecule has 0 aliphatic rings. The predicted octanol–water partition coefficient (Wildman–Crippen LogP) is 4.59. The van der Waals surface area contributed by atoms with E-state index in [4.69, 9.17) is 0 Å². The van der Waals surface area contributed by atoms with Crippen LogP contribution in [0.2, 0.25) is 0 Å². The Morgan fingerprint density at radius 3 is 2.59 bits per heavy atom. The number of fused-ring (bicyclic) bond motifs is 1. The Kier molecular flexibility index (Phi) is 5.65. The highest BCUT2D eigenvalue weighted by atomic mass is 19.1. The molecule has 0 spiro atoms. The van der Waals surface area contributed by atoms with Gasteiger partial charge in [-0.25, -0.2) is 9.37 Å². The summed E-state index contributed by atoms with van der Waals surface area (Å²) in [6, 6.07) is 12.0. The van der Waals surface area contributed by atoms with Gasteiger partial charge < -0.3 is 5.32 Å². The highest BCUT2D eigenvalue weighted by molar-refractivity contribution is 5.91. The minimum atomic E-state index is -0.357. The molecule has 6 nitrogen and oxygen atoms in total. The van der Waals surface area contributed by atoms with Crippen LogP contribution in [0.25, 0.3) is 16.7 Å². The molecule has 0 saturated carbocycles. The molecule has 2 heterocycles. The lowest BCUT2D eigenvalue weighted by Gasteiger charge is -2.10. The second kappa shape index (κ2) is 8.42. The standard InChI is InChI=1S/C25H25FN4O2/c1-15-8-9-21(16(2)12-15)28-22(31)10-11-29-14-27-24-23(25(29)32)17(3)18(4)30(24)20-7-5-6-19(26)13-20/h5-9,12-14H,10-11H2,1-4H3,(H,28,31). The molecule has 0 aliphatic heterocycles. The first-order valence-corrected chi connectivity index (χ1v) is 10.5. The van der Waals surface area contributed by atoms with Gasteiger partial charge in [-0.2, -0.15) is 0 Å². The third-order valence-corrected chi connectivity index (χ3v) is 5.78. The van der Waals surface area contributed by atoms with E-state index in [1.54, 1.807) is 16.7 Å². The van der Waals surface area contributed by atoms with Crippen LogP contribution in [0.5, 0.6) is 0 Å². The molecule has 32 heavy (non-hydrogen) atoms. The lowest BCUT2D eigenvalue weighted by molar-refractivity contribution is -0.116. The summed E-state index contributed by atoms with van der Waals surface area (Å²) in [6.45, 7) is 7.89. The fourth-order valence-corrected chi connectivity index (χ4v) is 3.96. The molecule has 0 atom stereocenters. The van der Waals surface area contributed by atoms with Crippen molar-refractivity contribution < 1.29 is 9.18 Å². The number of rotatable bonds is 5. The zero-order valence-electron chi connectivity index (χ0n) is 18.6. The molecular formula is C25H25FN4O2. The monoisotopic (exact) mass is 432 g/mol. The summed E-state index contributed by atoms with van der Waals surface area (Å²) in [5, 5.41) is 3.38. The Bertz CT molecular complexity index is 1400. The van der Waals surface area contributed by atoms with Crippen LogP contribution in [-0.4, -0.2) is 20.0 Å². The normalized spacial score (nSPS) is 11.2. The summed E-state index contributed by atoms with van der Waals surface area (Å²) < 4.78 is 17.0. The minimum absolute atomic E-state index is 0.142. The van der Waals surface area contributed by atoms with Crippen LogP contribution in [0.3, 0.4) is 0 Å². The Labute approximate surface area is 185 Å². The number of hydrogen-bond acceptors (Lipinski definition) is 3. The molecule has 4 aromatic rings. The Balaban J connectivity index is 1.61. The van der Waals surface area contributed by atoms with Gasteiger partial charge in [0, 0.05) is 24.3 Å². The molecular weight excluding hydrogens is 407 g/mol. The Hall–Kier alpha value is -3.74. The van der Waals surface area contributed by atoms with Gasteiger partial charge in [0.05, 0.1) is 17.4 Å². The van der Waals surface area contributed by atoms with Crippen molar-refractivity contribution in [2.75, 3.05) is 5.32 Å². The number of aromatic nitrogens is 3. The molecule has 0 fully saturated rings. The summed E-state index contributed by atoms with van der Waals surface area (Å²) in [6.07, 6.45) is 1.59. The first-order chi connectivity index (χ1) is 15.3. The van der Waals surface area contributed by atoms with Gasteiger partial charge in [-0.1, -0.05) is 23.8 Å². The summed E-state index contributed by atoms with van der Waals surface area (Å²) in [5.74, 6) is -0.529. The highest BCUT2D eigenvalue weighted by Crippen LogP contribution is 2.25. The Morgan fingerprint density at radius 2 is 1.88 bits per heavy atom. The molecule has 1 N–H and O–H groups in total. The van der Waals surface area contributed by atoms with Crippen molar-refractivity contribution in [3.05, 3.63) is 87.3 Å². The van der Waals surface area contributed by atoms with Crippen LogP contribution in [0.4, 0.5) is 10.1 Å². The maximum atomic E-state index is 13.8. The smallest absolute Gasteiger partial charge is 0.263 e. The maximum absolute atomic E-state index is 13.8. The zero-order chi connectivity index (χ0) is 23.0. The van der Waals surface area contributed by atoms with Crippen LogP contribution < -0.4 is 10.9 Å². The van der Waals surface area contributed by atoms with Crippen LogP contribution in [-0.2, 0) is 11.3 Å². The molecule has 0 aliphatic carbocycles. The van der Waals surface area contributed by atoms with Crippen molar-refractivity contribution in [3.8, 4) is 5.69 Å². The minimum Gasteiger partial charge on any atom is -0.326 e. The van der Waals surface area contributed by atoms with E-state index in [9.17, 15) is 14.0 Å². The van der Waals surface area contributed by atoms with Crippen molar-refractivity contribution in [2.24, 2.45) is 0 Å². The SMILES string of the molecule is Cc1ccc(NC(=O)CCn2cnc3c(c(C)c(C)n3-c3cccc(F)c3)c2=O)c(C)c1. The van der Waals surface area contributed by atoms with Crippen LogP contribution in [0.15, 0.2) is 53.6 Å². The quantitative estimate of drug-likeness (QED) is 0.502. The lowest BCUT2D eigenvalue weighted by Crippen LogP contribution is -2.24. The summed E-state index contributed by atoms with van der Waals surface area (Å²) in [7, 11) is 0. The lowest BCUT2D eigenvalue weighted by atomic mass is 10.1.